The molecule has 2 amide bonds. The van der Waals surface area contributed by atoms with Gasteiger partial charge in [-0.3, -0.25) is 9.59 Å². The number of aliphatic hydroxyl groups is 1. The van der Waals surface area contributed by atoms with Crippen LogP contribution in [0.15, 0.2) is 48.5 Å². The van der Waals surface area contributed by atoms with Crippen LogP contribution in [0.2, 0.25) is 0 Å². The molecule has 2 atom stereocenters. The number of carboxylic acid groups (broad SMARTS) is 1. The van der Waals surface area contributed by atoms with Gasteiger partial charge in [0.05, 0.1) is 19.1 Å². The van der Waals surface area contributed by atoms with E-state index in [9.17, 15) is 19.5 Å². The number of carboxylic acids is 1. The van der Waals surface area contributed by atoms with Crippen molar-refractivity contribution in [3.05, 3.63) is 59.7 Å². The molecule has 0 aromatic heterocycles. The van der Waals surface area contributed by atoms with Gasteiger partial charge >= 0.3 is 12.1 Å². The SMILES string of the molecule is CC[C@@H](CO)NC(=O)C(CC(=O)O)NC(=O)OCC1c2ccccc2-c2ccccc21. The number of rotatable bonds is 9. The van der Waals surface area contributed by atoms with E-state index < -0.39 is 36.5 Å². The molecule has 2 aromatic rings. The summed E-state index contributed by atoms with van der Waals surface area (Å²) in [6.07, 6.45) is -1.01. The second-order valence-electron chi connectivity index (χ2n) is 7.42. The van der Waals surface area contributed by atoms with Crippen LogP contribution in [-0.2, 0) is 14.3 Å². The average molecular weight is 426 g/mol. The van der Waals surface area contributed by atoms with Crippen molar-refractivity contribution in [1.82, 2.24) is 10.6 Å². The van der Waals surface area contributed by atoms with Gasteiger partial charge in [-0.25, -0.2) is 4.79 Å². The van der Waals surface area contributed by atoms with Gasteiger partial charge in [-0.1, -0.05) is 55.5 Å². The van der Waals surface area contributed by atoms with Crippen LogP contribution in [0.1, 0.15) is 36.8 Å². The first-order chi connectivity index (χ1) is 14.9. The Balaban J connectivity index is 1.66. The highest BCUT2D eigenvalue weighted by atomic mass is 16.5. The van der Waals surface area contributed by atoms with Crippen molar-refractivity contribution in [3.63, 3.8) is 0 Å². The Morgan fingerprint density at radius 2 is 1.58 bits per heavy atom. The monoisotopic (exact) mass is 426 g/mol. The molecule has 0 aliphatic heterocycles. The fourth-order valence-electron chi connectivity index (χ4n) is 3.74. The summed E-state index contributed by atoms with van der Waals surface area (Å²) in [6.45, 7) is 1.54. The lowest BCUT2D eigenvalue weighted by atomic mass is 9.98. The van der Waals surface area contributed by atoms with Gasteiger partial charge < -0.3 is 25.6 Å². The largest absolute Gasteiger partial charge is 0.481 e. The molecule has 0 heterocycles. The van der Waals surface area contributed by atoms with Crippen LogP contribution in [0.3, 0.4) is 0 Å². The highest BCUT2D eigenvalue weighted by Crippen LogP contribution is 2.44. The Morgan fingerprint density at radius 1 is 1.00 bits per heavy atom. The first kappa shape index (κ1) is 22.3. The van der Waals surface area contributed by atoms with Gasteiger partial charge in [-0.05, 0) is 28.7 Å². The summed E-state index contributed by atoms with van der Waals surface area (Å²) < 4.78 is 5.39. The number of aliphatic carboxylic acids is 1. The van der Waals surface area contributed by atoms with Gasteiger partial charge in [-0.2, -0.15) is 0 Å². The molecule has 31 heavy (non-hydrogen) atoms. The third-order valence-corrected chi connectivity index (χ3v) is 5.39. The van der Waals surface area contributed by atoms with E-state index in [4.69, 9.17) is 9.84 Å². The molecule has 0 fully saturated rings. The maximum atomic E-state index is 12.4. The minimum absolute atomic E-state index is 0.0511. The topological polar surface area (TPSA) is 125 Å². The Morgan fingerprint density at radius 3 is 2.10 bits per heavy atom. The van der Waals surface area contributed by atoms with Gasteiger partial charge in [0.25, 0.3) is 0 Å². The van der Waals surface area contributed by atoms with Crippen molar-refractivity contribution in [2.45, 2.75) is 37.8 Å². The number of nitrogens with one attached hydrogen (secondary N) is 2. The number of carbonyl (C=O) groups excluding carboxylic acids is 2. The second kappa shape index (κ2) is 10.1. The van der Waals surface area contributed by atoms with E-state index in [2.05, 4.69) is 10.6 Å². The number of aliphatic hydroxyl groups excluding tert-OH is 1. The van der Waals surface area contributed by atoms with Gasteiger partial charge in [0.2, 0.25) is 5.91 Å². The molecule has 8 heteroatoms. The standard InChI is InChI=1S/C23H26N2O6/c1-2-14(12-26)24-22(29)20(11-21(27)28)25-23(30)31-13-19-17-9-5-3-7-15(17)16-8-4-6-10-18(16)19/h3-10,14,19-20,26H,2,11-13H2,1H3,(H,24,29)(H,25,30)(H,27,28)/t14-,20?/m0/s1. The maximum absolute atomic E-state index is 12.4. The average Bonchev–Trinajstić information content (AvgIpc) is 3.09. The number of ether oxygens (including phenoxy) is 1. The molecule has 0 bridgehead atoms. The van der Waals surface area contributed by atoms with Crippen molar-refractivity contribution in [3.8, 4) is 11.1 Å². The molecule has 4 N–H and O–H groups in total. The lowest BCUT2D eigenvalue weighted by Crippen LogP contribution is -2.51. The Bertz CT molecular complexity index is 911. The molecule has 0 saturated carbocycles. The molecule has 164 valence electrons. The molecule has 1 unspecified atom stereocenters. The zero-order valence-corrected chi connectivity index (χ0v) is 17.2. The second-order valence-corrected chi connectivity index (χ2v) is 7.42. The number of hydrogen-bond donors (Lipinski definition) is 4. The fraction of sp³-hybridized carbons (Fsp3) is 0.348. The molecule has 3 rings (SSSR count). The summed E-state index contributed by atoms with van der Waals surface area (Å²) in [5.74, 6) is -2.07. The normalized spacial score (nSPS) is 14.1. The van der Waals surface area contributed by atoms with E-state index in [1.165, 1.54) is 0 Å². The molecular weight excluding hydrogens is 400 g/mol. The summed E-state index contributed by atoms with van der Waals surface area (Å²) in [5, 5.41) is 23.2. The molecule has 2 aromatic carbocycles. The van der Waals surface area contributed by atoms with Crippen LogP contribution in [0.25, 0.3) is 11.1 Å². The summed E-state index contributed by atoms with van der Waals surface area (Å²) in [4.78, 5) is 35.9. The third kappa shape index (κ3) is 5.21. The highest BCUT2D eigenvalue weighted by molar-refractivity contribution is 5.89. The summed E-state index contributed by atoms with van der Waals surface area (Å²) >= 11 is 0. The Hall–Kier alpha value is -3.39. The maximum Gasteiger partial charge on any atom is 0.407 e. The van der Waals surface area contributed by atoms with Crippen LogP contribution in [0.4, 0.5) is 4.79 Å². The minimum atomic E-state index is -1.31. The van der Waals surface area contributed by atoms with Gasteiger partial charge in [-0.15, -0.1) is 0 Å². The van der Waals surface area contributed by atoms with Gasteiger partial charge in [0, 0.05) is 5.92 Å². The quantitative estimate of drug-likeness (QED) is 0.487. The van der Waals surface area contributed by atoms with Crippen LogP contribution >= 0.6 is 0 Å². The van der Waals surface area contributed by atoms with E-state index in [1.807, 2.05) is 48.5 Å². The lowest BCUT2D eigenvalue weighted by Gasteiger charge is -2.21. The van der Waals surface area contributed by atoms with Crippen LogP contribution in [-0.4, -0.2) is 53.5 Å². The zero-order valence-electron chi connectivity index (χ0n) is 17.2. The molecule has 0 spiro atoms. The number of fused-ring (bicyclic) bond motifs is 3. The highest BCUT2D eigenvalue weighted by Gasteiger charge is 2.30. The van der Waals surface area contributed by atoms with Crippen molar-refractivity contribution in [1.29, 1.82) is 0 Å². The summed E-state index contributed by atoms with van der Waals surface area (Å²) in [6, 6.07) is 13.9. The van der Waals surface area contributed by atoms with Crippen LogP contribution in [0.5, 0.6) is 0 Å². The molecule has 0 radical (unpaired) electrons. The molecule has 8 nitrogen and oxygen atoms in total. The minimum Gasteiger partial charge on any atom is -0.481 e. The number of hydrogen-bond acceptors (Lipinski definition) is 5. The van der Waals surface area contributed by atoms with Gasteiger partial charge in [0.1, 0.15) is 12.6 Å². The molecule has 1 aliphatic rings. The summed E-state index contributed by atoms with van der Waals surface area (Å²) in [7, 11) is 0. The fourth-order valence-corrected chi connectivity index (χ4v) is 3.74. The van der Waals surface area contributed by atoms with Crippen molar-refractivity contribution in [2.24, 2.45) is 0 Å². The number of alkyl carbamates (subject to hydrolysis) is 1. The third-order valence-electron chi connectivity index (χ3n) is 5.39. The smallest absolute Gasteiger partial charge is 0.407 e. The predicted octanol–water partition coefficient (Wildman–Crippen LogP) is 2.26. The number of carbonyl (C=O) groups is 3. The first-order valence-electron chi connectivity index (χ1n) is 10.2. The molecule has 1 aliphatic carbocycles. The van der Waals surface area contributed by atoms with Crippen molar-refractivity contribution >= 4 is 18.0 Å². The van der Waals surface area contributed by atoms with Gasteiger partial charge in [0.15, 0.2) is 0 Å². The Kier molecular flexibility index (Phi) is 7.25. The predicted molar refractivity (Wildman–Crippen MR) is 114 cm³/mol. The van der Waals surface area contributed by atoms with Crippen molar-refractivity contribution < 1.29 is 29.3 Å². The van der Waals surface area contributed by atoms with E-state index in [0.717, 1.165) is 22.3 Å². The first-order valence-corrected chi connectivity index (χ1v) is 10.2. The van der Waals surface area contributed by atoms with E-state index in [1.54, 1.807) is 6.92 Å². The molecular formula is C23H26N2O6. The van der Waals surface area contributed by atoms with E-state index in [0.29, 0.717) is 6.42 Å². The number of benzene rings is 2. The summed E-state index contributed by atoms with van der Waals surface area (Å²) in [5.41, 5.74) is 4.27. The number of amides is 2. The van der Waals surface area contributed by atoms with Crippen LogP contribution in [0, 0.1) is 0 Å². The van der Waals surface area contributed by atoms with Crippen molar-refractivity contribution in [2.75, 3.05) is 13.2 Å². The van der Waals surface area contributed by atoms with E-state index in [-0.39, 0.29) is 19.1 Å². The Labute approximate surface area is 180 Å². The van der Waals surface area contributed by atoms with Crippen LogP contribution < -0.4 is 10.6 Å². The molecule has 0 saturated heterocycles. The van der Waals surface area contributed by atoms with E-state index >= 15 is 0 Å². The zero-order chi connectivity index (χ0) is 22.4. The lowest BCUT2D eigenvalue weighted by molar-refractivity contribution is -0.140.